The molecule has 0 saturated carbocycles. The van der Waals surface area contributed by atoms with Gasteiger partial charge in [-0.2, -0.15) is 0 Å². The Morgan fingerprint density at radius 1 is 1.04 bits per heavy atom. The van der Waals surface area contributed by atoms with Gasteiger partial charge in [0.15, 0.2) is 5.76 Å². The number of nitrogens with one attached hydrogen (secondary N) is 1. The SMILES string of the molecule is COc1ccc(NC(=O)c2ccc(-c3ccc(Br)cc3)o2)cc1Br. The van der Waals surface area contributed by atoms with Crippen molar-refractivity contribution in [3.8, 4) is 17.1 Å². The van der Waals surface area contributed by atoms with Crippen LogP contribution in [0.5, 0.6) is 5.75 Å². The number of ether oxygens (including phenoxy) is 1. The molecule has 0 atom stereocenters. The van der Waals surface area contributed by atoms with E-state index in [1.165, 1.54) is 0 Å². The molecular weight excluding hydrogens is 438 g/mol. The molecule has 2 aromatic carbocycles. The molecule has 1 amide bonds. The van der Waals surface area contributed by atoms with E-state index in [2.05, 4.69) is 37.2 Å². The quantitative estimate of drug-likeness (QED) is 0.551. The van der Waals surface area contributed by atoms with Gasteiger partial charge in [0, 0.05) is 15.7 Å². The molecule has 4 nitrogen and oxygen atoms in total. The molecule has 0 saturated heterocycles. The first-order valence-electron chi connectivity index (χ1n) is 7.07. The first-order chi connectivity index (χ1) is 11.6. The first kappa shape index (κ1) is 16.8. The van der Waals surface area contributed by atoms with Gasteiger partial charge in [-0.3, -0.25) is 4.79 Å². The molecule has 1 N–H and O–H groups in total. The van der Waals surface area contributed by atoms with Crippen molar-refractivity contribution in [2.75, 3.05) is 12.4 Å². The number of carbonyl (C=O) groups is 1. The molecule has 0 spiro atoms. The fraction of sp³-hybridized carbons (Fsp3) is 0.0556. The third kappa shape index (κ3) is 3.71. The van der Waals surface area contributed by atoms with Crippen LogP contribution in [-0.2, 0) is 0 Å². The Kier molecular flexibility index (Phi) is 5.06. The summed E-state index contributed by atoms with van der Waals surface area (Å²) in [6, 6.07) is 16.4. The van der Waals surface area contributed by atoms with Gasteiger partial charge in [0.25, 0.3) is 5.91 Å². The maximum atomic E-state index is 12.3. The Morgan fingerprint density at radius 3 is 2.46 bits per heavy atom. The Bertz CT molecular complexity index is 872. The number of carbonyl (C=O) groups excluding carboxylic acids is 1. The van der Waals surface area contributed by atoms with Gasteiger partial charge in [-0.05, 0) is 58.4 Å². The van der Waals surface area contributed by atoms with Crippen LogP contribution in [0.25, 0.3) is 11.3 Å². The molecule has 1 heterocycles. The maximum absolute atomic E-state index is 12.3. The lowest BCUT2D eigenvalue weighted by Crippen LogP contribution is -2.10. The fourth-order valence-corrected chi connectivity index (χ4v) is 2.97. The van der Waals surface area contributed by atoms with E-state index in [1.807, 2.05) is 24.3 Å². The number of rotatable bonds is 4. The highest BCUT2D eigenvalue weighted by Gasteiger charge is 2.13. The molecule has 0 fully saturated rings. The van der Waals surface area contributed by atoms with E-state index in [0.29, 0.717) is 17.2 Å². The molecule has 6 heteroatoms. The Morgan fingerprint density at radius 2 is 1.79 bits per heavy atom. The number of halogens is 2. The van der Waals surface area contributed by atoms with Crippen molar-refractivity contribution < 1.29 is 13.9 Å². The van der Waals surface area contributed by atoms with Crippen molar-refractivity contribution in [1.29, 1.82) is 0 Å². The van der Waals surface area contributed by atoms with Crippen LogP contribution in [0.3, 0.4) is 0 Å². The summed E-state index contributed by atoms with van der Waals surface area (Å²) in [6.45, 7) is 0. The van der Waals surface area contributed by atoms with Crippen LogP contribution >= 0.6 is 31.9 Å². The summed E-state index contributed by atoms with van der Waals surface area (Å²) in [5.74, 6) is 1.28. The minimum absolute atomic E-state index is 0.250. The smallest absolute Gasteiger partial charge is 0.291 e. The Hall–Kier alpha value is -2.05. The number of hydrogen-bond donors (Lipinski definition) is 1. The van der Waals surface area contributed by atoms with Gasteiger partial charge in [-0.15, -0.1) is 0 Å². The predicted molar refractivity (Wildman–Crippen MR) is 100 cm³/mol. The second-order valence-corrected chi connectivity index (χ2v) is 6.74. The number of benzene rings is 2. The molecule has 3 aromatic rings. The fourth-order valence-electron chi connectivity index (χ4n) is 2.17. The number of anilines is 1. The topological polar surface area (TPSA) is 51.5 Å². The number of methoxy groups -OCH3 is 1. The Labute approximate surface area is 156 Å². The molecule has 0 aliphatic rings. The highest BCUT2D eigenvalue weighted by molar-refractivity contribution is 9.10. The summed E-state index contributed by atoms with van der Waals surface area (Å²) in [6.07, 6.45) is 0. The van der Waals surface area contributed by atoms with Crippen molar-refractivity contribution in [2.45, 2.75) is 0 Å². The van der Waals surface area contributed by atoms with Crippen molar-refractivity contribution in [1.82, 2.24) is 0 Å². The predicted octanol–water partition coefficient (Wildman–Crippen LogP) is 5.73. The molecule has 0 bridgehead atoms. The second-order valence-electron chi connectivity index (χ2n) is 4.97. The molecule has 0 aliphatic heterocycles. The van der Waals surface area contributed by atoms with E-state index < -0.39 is 0 Å². The molecule has 0 aliphatic carbocycles. The normalized spacial score (nSPS) is 10.5. The van der Waals surface area contributed by atoms with E-state index in [-0.39, 0.29) is 11.7 Å². The van der Waals surface area contributed by atoms with Gasteiger partial charge in [0.2, 0.25) is 0 Å². The lowest BCUT2D eigenvalue weighted by molar-refractivity contribution is 0.0997. The van der Waals surface area contributed by atoms with Gasteiger partial charge in [0.05, 0.1) is 11.6 Å². The zero-order chi connectivity index (χ0) is 17.1. The average Bonchev–Trinajstić information content (AvgIpc) is 3.06. The maximum Gasteiger partial charge on any atom is 0.291 e. The van der Waals surface area contributed by atoms with Crippen LogP contribution in [0.2, 0.25) is 0 Å². The monoisotopic (exact) mass is 449 g/mol. The highest BCUT2D eigenvalue weighted by atomic mass is 79.9. The van der Waals surface area contributed by atoms with E-state index in [9.17, 15) is 4.79 Å². The van der Waals surface area contributed by atoms with Crippen molar-refractivity contribution >= 4 is 43.5 Å². The highest BCUT2D eigenvalue weighted by Crippen LogP contribution is 2.28. The molecule has 3 rings (SSSR count). The minimum atomic E-state index is -0.310. The van der Waals surface area contributed by atoms with Crippen molar-refractivity contribution in [3.05, 3.63) is 69.3 Å². The zero-order valence-electron chi connectivity index (χ0n) is 12.7. The molecule has 1 aromatic heterocycles. The summed E-state index contributed by atoms with van der Waals surface area (Å²) < 4.78 is 12.6. The van der Waals surface area contributed by atoms with Crippen LogP contribution in [0.15, 0.2) is 68.0 Å². The Balaban J connectivity index is 1.76. The number of hydrogen-bond acceptors (Lipinski definition) is 3. The van der Waals surface area contributed by atoms with Crippen LogP contribution in [0.4, 0.5) is 5.69 Å². The lowest BCUT2D eigenvalue weighted by Gasteiger charge is -2.07. The molecule has 24 heavy (non-hydrogen) atoms. The van der Waals surface area contributed by atoms with Gasteiger partial charge >= 0.3 is 0 Å². The summed E-state index contributed by atoms with van der Waals surface area (Å²) in [7, 11) is 1.59. The van der Waals surface area contributed by atoms with Crippen LogP contribution in [-0.4, -0.2) is 13.0 Å². The standard InChI is InChI=1S/C18H13Br2NO3/c1-23-16-7-6-13(10-14(16)20)21-18(22)17-9-8-15(24-17)11-2-4-12(19)5-3-11/h2-10H,1H3,(H,21,22). The molecule has 122 valence electrons. The second kappa shape index (κ2) is 7.23. The van der Waals surface area contributed by atoms with E-state index in [4.69, 9.17) is 9.15 Å². The van der Waals surface area contributed by atoms with Gasteiger partial charge in [0.1, 0.15) is 11.5 Å². The van der Waals surface area contributed by atoms with Crippen molar-refractivity contribution in [3.63, 3.8) is 0 Å². The summed E-state index contributed by atoms with van der Waals surface area (Å²) in [4.78, 5) is 12.3. The molecule has 0 unspecified atom stereocenters. The van der Waals surface area contributed by atoms with E-state index in [0.717, 1.165) is 14.5 Å². The lowest BCUT2D eigenvalue weighted by atomic mass is 10.2. The van der Waals surface area contributed by atoms with Crippen LogP contribution < -0.4 is 10.1 Å². The summed E-state index contributed by atoms with van der Waals surface area (Å²) in [5, 5.41) is 2.80. The average molecular weight is 451 g/mol. The zero-order valence-corrected chi connectivity index (χ0v) is 15.8. The summed E-state index contributed by atoms with van der Waals surface area (Å²) >= 11 is 6.78. The van der Waals surface area contributed by atoms with Gasteiger partial charge in [-0.25, -0.2) is 0 Å². The van der Waals surface area contributed by atoms with E-state index in [1.54, 1.807) is 37.4 Å². The molecule has 0 radical (unpaired) electrons. The summed E-state index contributed by atoms with van der Waals surface area (Å²) in [5.41, 5.74) is 1.55. The van der Waals surface area contributed by atoms with Crippen LogP contribution in [0, 0.1) is 0 Å². The van der Waals surface area contributed by atoms with Gasteiger partial charge < -0.3 is 14.5 Å². The minimum Gasteiger partial charge on any atom is -0.496 e. The third-order valence-corrected chi connectivity index (χ3v) is 4.52. The largest absolute Gasteiger partial charge is 0.496 e. The van der Waals surface area contributed by atoms with Gasteiger partial charge in [-0.1, -0.05) is 28.1 Å². The first-order valence-corrected chi connectivity index (χ1v) is 8.66. The molecular formula is C18H13Br2NO3. The third-order valence-electron chi connectivity index (χ3n) is 3.37. The van der Waals surface area contributed by atoms with E-state index >= 15 is 0 Å². The van der Waals surface area contributed by atoms with Crippen molar-refractivity contribution in [2.24, 2.45) is 0 Å². The van der Waals surface area contributed by atoms with Crippen LogP contribution in [0.1, 0.15) is 10.6 Å². The number of amides is 1. The number of furan rings is 1.